The fourth-order valence-corrected chi connectivity index (χ4v) is 1.98. The SMILES string of the molecule is COc1cc(Cl)cc(C(C)O)c1Br. The number of aliphatic hydroxyl groups excluding tert-OH is 1. The van der Waals surface area contributed by atoms with Crippen molar-refractivity contribution in [2.24, 2.45) is 0 Å². The second kappa shape index (κ2) is 4.31. The molecule has 2 nitrogen and oxygen atoms in total. The first-order valence-electron chi connectivity index (χ1n) is 3.77. The number of benzene rings is 1. The van der Waals surface area contributed by atoms with Gasteiger partial charge in [0, 0.05) is 5.02 Å². The Hall–Kier alpha value is -0.250. The van der Waals surface area contributed by atoms with E-state index in [9.17, 15) is 5.11 Å². The van der Waals surface area contributed by atoms with Crippen molar-refractivity contribution in [2.75, 3.05) is 7.11 Å². The van der Waals surface area contributed by atoms with Crippen molar-refractivity contribution < 1.29 is 9.84 Å². The van der Waals surface area contributed by atoms with Gasteiger partial charge in [0.15, 0.2) is 0 Å². The molecule has 1 rings (SSSR count). The van der Waals surface area contributed by atoms with Crippen LogP contribution in [0.3, 0.4) is 0 Å². The molecule has 0 heterocycles. The van der Waals surface area contributed by atoms with Crippen LogP contribution in [0.25, 0.3) is 0 Å². The molecular weight excluding hydrogens is 255 g/mol. The molecule has 1 atom stereocenters. The molecule has 1 aromatic rings. The molecule has 1 N–H and O–H groups in total. The van der Waals surface area contributed by atoms with Crippen LogP contribution in [0.1, 0.15) is 18.6 Å². The summed E-state index contributed by atoms with van der Waals surface area (Å²) in [5.74, 6) is 0.628. The molecule has 4 heteroatoms. The van der Waals surface area contributed by atoms with Crippen molar-refractivity contribution in [1.82, 2.24) is 0 Å². The minimum absolute atomic E-state index is 0.552. The minimum Gasteiger partial charge on any atom is -0.496 e. The zero-order chi connectivity index (χ0) is 10.0. The van der Waals surface area contributed by atoms with Crippen molar-refractivity contribution >= 4 is 27.5 Å². The lowest BCUT2D eigenvalue weighted by Crippen LogP contribution is -1.95. The summed E-state index contributed by atoms with van der Waals surface area (Å²) in [6.07, 6.45) is -0.568. The summed E-state index contributed by atoms with van der Waals surface area (Å²) >= 11 is 9.17. The van der Waals surface area contributed by atoms with E-state index in [0.29, 0.717) is 10.8 Å². The normalized spacial score (nSPS) is 12.7. The van der Waals surface area contributed by atoms with Gasteiger partial charge in [-0.25, -0.2) is 0 Å². The second-order valence-electron chi connectivity index (χ2n) is 2.69. The van der Waals surface area contributed by atoms with E-state index in [1.165, 1.54) is 0 Å². The largest absolute Gasteiger partial charge is 0.496 e. The fraction of sp³-hybridized carbons (Fsp3) is 0.333. The van der Waals surface area contributed by atoms with Gasteiger partial charge in [-0.05, 0) is 40.5 Å². The van der Waals surface area contributed by atoms with Gasteiger partial charge in [-0.15, -0.1) is 0 Å². The van der Waals surface area contributed by atoms with E-state index in [2.05, 4.69) is 15.9 Å². The maximum atomic E-state index is 9.40. The Labute approximate surface area is 90.6 Å². The third-order valence-corrected chi connectivity index (χ3v) is 2.77. The van der Waals surface area contributed by atoms with E-state index in [1.54, 1.807) is 26.2 Å². The summed E-state index contributed by atoms with van der Waals surface area (Å²) in [4.78, 5) is 0. The Balaban J connectivity index is 3.27. The number of rotatable bonds is 2. The molecule has 0 radical (unpaired) electrons. The zero-order valence-corrected chi connectivity index (χ0v) is 9.69. The van der Waals surface area contributed by atoms with Crippen molar-refractivity contribution in [3.8, 4) is 5.75 Å². The fourth-order valence-electron chi connectivity index (χ4n) is 1.04. The molecule has 0 saturated heterocycles. The van der Waals surface area contributed by atoms with E-state index in [4.69, 9.17) is 16.3 Å². The van der Waals surface area contributed by atoms with Crippen molar-refractivity contribution in [1.29, 1.82) is 0 Å². The lowest BCUT2D eigenvalue weighted by atomic mass is 10.1. The molecule has 72 valence electrons. The van der Waals surface area contributed by atoms with Crippen LogP contribution in [0.15, 0.2) is 16.6 Å². The summed E-state index contributed by atoms with van der Waals surface area (Å²) in [5.41, 5.74) is 0.726. The van der Waals surface area contributed by atoms with E-state index in [1.807, 2.05) is 0 Å². The second-order valence-corrected chi connectivity index (χ2v) is 3.92. The first-order valence-corrected chi connectivity index (χ1v) is 4.94. The summed E-state index contributed by atoms with van der Waals surface area (Å²) in [6.45, 7) is 1.68. The molecule has 0 aliphatic heterocycles. The molecule has 0 fully saturated rings. The third kappa shape index (κ3) is 2.36. The number of hydrogen-bond donors (Lipinski definition) is 1. The molecule has 0 aromatic heterocycles. The van der Waals surface area contributed by atoms with Crippen LogP contribution in [-0.4, -0.2) is 12.2 Å². The van der Waals surface area contributed by atoms with Crippen LogP contribution in [0.4, 0.5) is 0 Å². The maximum absolute atomic E-state index is 9.40. The van der Waals surface area contributed by atoms with Crippen molar-refractivity contribution in [2.45, 2.75) is 13.0 Å². The van der Waals surface area contributed by atoms with Crippen molar-refractivity contribution in [3.63, 3.8) is 0 Å². The standard InChI is InChI=1S/C9H10BrClO2/c1-5(12)7-3-6(11)4-8(13-2)9(7)10/h3-5,12H,1-2H3. The Morgan fingerprint density at radius 2 is 2.15 bits per heavy atom. The Kier molecular flexibility index (Phi) is 3.59. The average Bonchev–Trinajstić information content (AvgIpc) is 2.08. The van der Waals surface area contributed by atoms with E-state index in [0.717, 1.165) is 10.0 Å². The Morgan fingerprint density at radius 1 is 1.54 bits per heavy atom. The number of methoxy groups -OCH3 is 1. The van der Waals surface area contributed by atoms with Gasteiger partial charge in [-0.3, -0.25) is 0 Å². The molecule has 0 saturated carbocycles. The maximum Gasteiger partial charge on any atom is 0.134 e. The van der Waals surface area contributed by atoms with Gasteiger partial charge in [-0.1, -0.05) is 11.6 Å². The van der Waals surface area contributed by atoms with E-state index < -0.39 is 6.10 Å². The highest BCUT2D eigenvalue weighted by Crippen LogP contribution is 2.35. The van der Waals surface area contributed by atoms with Crippen molar-refractivity contribution in [3.05, 3.63) is 27.2 Å². The molecule has 1 unspecified atom stereocenters. The molecule has 0 spiro atoms. The van der Waals surface area contributed by atoms with Crippen LogP contribution in [-0.2, 0) is 0 Å². The summed E-state index contributed by atoms with van der Waals surface area (Å²) < 4.78 is 5.82. The van der Waals surface area contributed by atoms with Crippen LogP contribution in [0.2, 0.25) is 5.02 Å². The zero-order valence-electron chi connectivity index (χ0n) is 7.34. The van der Waals surface area contributed by atoms with E-state index >= 15 is 0 Å². The van der Waals surface area contributed by atoms with Gasteiger partial charge in [0.25, 0.3) is 0 Å². The summed E-state index contributed by atoms with van der Waals surface area (Å²) in [6, 6.07) is 3.40. The highest BCUT2D eigenvalue weighted by atomic mass is 79.9. The number of ether oxygens (including phenoxy) is 1. The molecule has 0 aliphatic carbocycles. The summed E-state index contributed by atoms with van der Waals surface area (Å²) in [5, 5.41) is 9.96. The third-order valence-electron chi connectivity index (χ3n) is 1.70. The van der Waals surface area contributed by atoms with Gasteiger partial charge in [0.2, 0.25) is 0 Å². The highest BCUT2D eigenvalue weighted by molar-refractivity contribution is 9.10. The van der Waals surface area contributed by atoms with Gasteiger partial charge in [0.1, 0.15) is 5.75 Å². The quantitative estimate of drug-likeness (QED) is 0.890. The average molecular weight is 266 g/mol. The molecule has 0 bridgehead atoms. The van der Waals surface area contributed by atoms with Crippen LogP contribution in [0, 0.1) is 0 Å². The molecule has 1 aromatic carbocycles. The van der Waals surface area contributed by atoms with E-state index in [-0.39, 0.29) is 0 Å². The number of aliphatic hydroxyl groups is 1. The monoisotopic (exact) mass is 264 g/mol. The first kappa shape index (κ1) is 10.8. The highest BCUT2D eigenvalue weighted by Gasteiger charge is 2.11. The molecule has 0 aliphatic rings. The summed E-state index contributed by atoms with van der Waals surface area (Å²) in [7, 11) is 1.56. The van der Waals surface area contributed by atoms with Crippen LogP contribution in [0.5, 0.6) is 5.75 Å². The molecule has 13 heavy (non-hydrogen) atoms. The predicted molar refractivity (Wildman–Crippen MR) is 56.3 cm³/mol. The smallest absolute Gasteiger partial charge is 0.134 e. The van der Waals surface area contributed by atoms with Crippen LogP contribution < -0.4 is 4.74 Å². The lowest BCUT2D eigenvalue weighted by molar-refractivity contribution is 0.198. The molecular formula is C9H10BrClO2. The van der Waals surface area contributed by atoms with Gasteiger partial charge < -0.3 is 9.84 Å². The van der Waals surface area contributed by atoms with Gasteiger partial charge in [0.05, 0.1) is 17.7 Å². The Bertz CT molecular complexity index is 313. The first-order chi connectivity index (χ1) is 6.06. The number of halogens is 2. The van der Waals surface area contributed by atoms with Gasteiger partial charge in [-0.2, -0.15) is 0 Å². The molecule has 0 amide bonds. The van der Waals surface area contributed by atoms with Crippen LogP contribution >= 0.6 is 27.5 Å². The van der Waals surface area contributed by atoms with Gasteiger partial charge >= 0.3 is 0 Å². The Morgan fingerprint density at radius 3 is 2.62 bits per heavy atom. The number of hydrogen-bond acceptors (Lipinski definition) is 2. The minimum atomic E-state index is -0.568. The predicted octanol–water partition coefficient (Wildman–Crippen LogP) is 3.16. The lowest BCUT2D eigenvalue weighted by Gasteiger charge is -2.11. The topological polar surface area (TPSA) is 29.5 Å².